The third kappa shape index (κ3) is 3.06. The van der Waals surface area contributed by atoms with Crippen molar-refractivity contribution in [1.29, 1.82) is 0 Å². The Labute approximate surface area is 125 Å². The molecule has 0 radical (unpaired) electrons. The first-order valence-corrected chi connectivity index (χ1v) is 7.57. The van der Waals surface area contributed by atoms with Crippen LogP contribution in [0.1, 0.15) is 17.0 Å². The molecule has 1 N–H and O–H groups in total. The van der Waals surface area contributed by atoms with E-state index < -0.39 is 21.9 Å². The summed E-state index contributed by atoms with van der Waals surface area (Å²) in [5, 5.41) is 4.06. The van der Waals surface area contributed by atoms with Gasteiger partial charge in [0.1, 0.15) is 16.4 Å². The van der Waals surface area contributed by atoms with Gasteiger partial charge in [-0.05, 0) is 26.0 Å². The number of sulfonamides is 1. The molecular weight excluding hydrogens is 321 g/mol. The molecule has 2 aromatic rings. The fourth-order valence-corrected chi connectivity index (χ4v) is 2.90. The number of rotatable bonds is 3. The van der Waals surface area contributed by atoms with E-state index in [0.29, 0.717) is 23.5 Å². The van der Waals surface area contributed by atoms with Crippen molar-refractivity contribution in [2.24, 2.45) is 7.05 Å². The maximum absolute atomic E-state index is 12.4. The lowest BCUT2D eigenvalue weighted by Crippen LogP contribution is -2.17. The van der Waals surface area contributed by atoms with Crippen LogP contribution in [0.3, 0.4) is 0 Å². The minimum atomic E-state index is -4.62. The third-order valence-electron chi connectivity index (χ3n) is 3.09. The molecular formula is C12H13F3N4O2S. The largest absolute Gasteiger partial charge is 0.433 e. The highest BCUT2D eigenvalue weighted by Gasteiger charge is 2.32. The Hall–Kier alpha value is -2.10. The van der Waals surface area contributed by atoms with Gasteiger partial charge in [0.15, 0.2) is 0 Å². The second-order valence-corrected chi connectivity index (χ2v) is 6.35. The van der Waals surface area contributed by atoms with Gasteiger partial charge >= 0.3 is 6.18 Å². The summed E-state index contributed by atoms with van der Waals surface area (Å²) >= 11 is 0. The van der Waals surface area contributed by atoms with Crippen molar-refractivity contribution in [3.8, 4) is 0 Å². The van der Waals surface area contributed by atoms with Gasteiger partial charge < -0.3 is 0 Å². The van der Waals surface area contributed by atoms with E-state index in [1.54, 1.807) is 20.9 Å². The van der Waals surface area contributed by atoms with E-state index in [4.69, 9.17) is 0 Å². The number of hydrogen-bond acceptors (Lipinski definition) is 4. The van der Waals surface area contributed by atoms with Crippen LogP contribution < -0.4 is 4.72 Å². The van der Waals surface area contributed by atoms with Gasteiger partial charge in [0.25, 0.3) is 10.0 Å². The zero-order chi connectivity index (χ0) is 16.7. The second-order valence-electron chi connectivity index (χ2n) is 4.67. The molecule has 10 heteroatoms. The van der Waals surface area contributed by atoms with Crippen molar-refractivity contribution in [1.82, 2.24) is 14.8 Å². The Bertz CT molecular complexity index is 795. The molecule has 0 aliphatic carbocycles. The number of halogens is 3. The van der Waals surface area contributed by atoms with Crippen molar-refractivity contribution in [3.63, 3.8) is 0 Å². The number of aromatic nitrogens is 3. The predicted molar refractivity (Wildman–Crippen MR) is 72.7 cm³/mol. The summed E-state index contributed by atoms with van der Waals surface area (Å²) in [6, 6.07) is 1.48. The first-order valence-electron chi connectivity index (χ1n) is 6.08. The lowest BCUT2D eigenvalue weighted by Gasteiger charge is -2.10. The SMILES string of the molecule is Cc1nn(C)c(NS(=O)(=O)c2ccc(C(F)(F)F)nc2)c1C. The highest BCUT2D eigenvalue weighted by Crippen LogP contribution is 2.28. The van der Waals surface area contributed by atoms with Crippen LogP contribution in [0.25, 0.3) is 0 Å². The molecule has 0 bridgehead atoms. The standard InChI is InChI=1S/C12H13F3N4O2S/c1-7-8(2)17-19(3)11(7)18-22(20,21)9-4-5-10(16-6-9)12(13,14)15/h4-6,18H,1-3H3. The molecule has 0 amide bonds. The third-order valence-corrected chi connectivity index (χ3v) is 4.41. The van der Waals surface area contributed by atoms with E-state index in [-0.39, 0.29) is 10.7 Å². The summed E-state index contributed by atoms with van der Waals surface area (Å²) in [7, 11) is -2.49. The Morgan fingerprint density at radius 2 is 1.86 bits per heavy atom. The topological polar surface area (TPSA) is 76.9 Å². The summed E-state index contributed by atoms with van der Waals surface area (Å²) in [6.45, 7) is 3.40. The Balaban J connectivity index is 2.35. The summed E-state index contributed by atoms with van der Waals surface area (Å²) in [4.78, 5) is 2.78. The molecule has 0 atom stereocenters. The molecule has 0 aromatic carbocycles. The molecule has 0 aliphatic rings. The lowest BCUT2D eigenvalue weighted by atomic mass is 10.3. The van der Waals surface area contributed by atoms with Gasteiger partial charge in [0, 0.05) is 18.8 Å². The molecule has 0 saturated heterocycles. The summed E-state index contributed by atoms with van der Waals surface area (Å²) in [5.41, 5.74) is 0.121. The second kappa shape index (κ2) is 5.27. The van der Waals surface area contributed by atoms with E-state index in [1.165, 1.54) is 4.68 Å². The van der Waals surface area contributed by atoms with Crippen molar-refractivity contribution in [2.45, 2.75) is 24.9 Å². The minimum absolute atomic E-state index is 0.248. The molecule has 0 aliphatic heterocycles. The van der Waals surface area contributed by atoms with Gasteiger partial charge in [-0.25, -0.2) is 8.42 Å². The van der Waals surface area contributed by atoms with E-state index in [9.17, 15) is 21.6 Å². The number of nitrogens with one attached hydrogen (secondary N) is 1. The number of aryl methyl sites for hydroxylation is 2. The highest BCUT2D eigenvalue weighted by atomic mass is 32.2. The number of anilines is 1. The average Bonchev–Trinajstić information content (AvgIpc) is 2.64. The van der Waals surface area contributed by atoms with Crippen molar-refractivity contribution in [2.75, 3.05) is 4.72 Å². The molecule has 0 spiro atoms. The molecule has 2 heterocycles. The van der Waals surface area contributed by atoms with E-state index >= 15 is 0 Å². The Kier molecular flexibility index (Phi) is 3.90. The van der Waals surface area contributed by atoms with E-state index in [1.807, 2.05) is 0 Å². The molecule has 2 aromatic heterocycles. The molecule has 0 fully saturated rings. The van der Waals surface area contributed by atoms with Gasteiger partial charge in [0.2, 0.25) is 0 Å². The van der Waals surface area contributed by atoms with Crippen LogP contribution in [0.4, 0.5) is 19.0 Å². The minimum Gasteiger partial charge on any atom is -0.263 e. The average molecular weight is 334 g/mol. The summed E-state index contributed by atoms with van der Waals surface area (Å²) in [6.07, 6.45) is -3.95. The molecule has 6 nitrogen and oxygen atoms in total. The smallest absolute Gasteiger partial charge is 0.263 e. The molecule has 2 rings (SSSR count). The summed E-state index contributed by atoms with van der Waals surface area (Å²) < 4.78 is 65.4. The van der Waals surface area contributed by atoms with Crippen LogP contribution >= 0.6 is 0 Å². The zero-order valence-electron chi connectivity index (χ0n) is 11.9. The van der Waals surface area contributed by atoms with Crippen LogP contribution in [0.2, 0.25) is 0 Å². The van der Waals surface area contributed by atoms with Gasteiger partial charge in [0.05, 0.1) is 5.69 Å². The lowest BCUT2D eigenvalue weighted by molar-refractivity contribution is -0.141. The van der Waals surface area contributed by atoms with E-state index in [2.05, 4.69) is 14.8 Å². The number of alkyl halides is 3. The van der Waals surface area contributed by atoms with Crippen LogP contribution in [0.5, 0.6) is 0 Å². The molecule has 0 saturated carbocycles. The highest BCUT2D eigenvalue weighted by molar-refractivity contribution is 7.92. The van der Waals surface area contributed by atoms with Gasteiger partial charge in [-0.2, -0.15) is 18.3 Å². The van der Waals surface area contributed by atoms with Crippen LogP contribution in [-0.2, 0) is 23.2 Å². The van der Waals surface area contributed by atoms with E-state index in [0.717, 1.165) is 6.07 Å². The van der Waals surface area contributed by atoms with Crippen LogP contribution in [0, 0.1) is 13.8 Å². The fourth-order valence-electron chi connectivity index (χ4n) is 1.80. The monoisotopic (exact) mass is 334 g/mol. The number of nitrogens with zero attached hydrogens (tertiary/aromatic N) is 3. The van der Waals surface area contributed by atoms with Gasteiger partial charge in [-0.15, -0.1) is 0 Å². The normalized spacial score (nSPS) is 12.5. The molecule has 0 unspecified atom stereocenters. The fraction of sp³-hybridized carbons (Fsp3) is 0.333. The predicted octanol–water partition coefficient (Wildman–Crippen LogP) is 2.25. The zero-order valence-corrected chi connectivity index (χ0v) is 12.7. The van der Waals surface area contributed by atoms with Gasteiger partial charge in [-0.3, -0.25) is 14.4 Å². The molecule has 22 heavy (non-hydrogen) atoms. The number of pyridine rings is 1. The maximum atomic E-state index is 12.4. The Morgan fingerprint density at radius 3 is 2.27 bits per heavy atom. The number of hydrogen-bond donors (Lipinski definition) is 1. The summed E-state index contributed by atoms with van der Waals surface area (Å²) in [5.74, 6) is 0.248. The Morgan fingerprint density at radius 1 is 1.23 bits per heavy atom. The quantitative estimate of drug-likeness (QED) is 0.934. The maximum Gasteiger partial charge on any atom is 0.433 e. The van der Waals surface area contributed by atoms with Crippen molar-refractivity contribution >= 4 is 15.8 Å². The first-order chi connectivity index (χ1) is 10.0. The van der Waals surface area contributed by atoms with Crippen molar-refractivity contribution in [3.05, 3.63) is 35.3 Å². The molecule has 120 valence electrons. The van der Waals surface area contributed by atoms with Crippen LogP contribution in [0.15, 0.2) is 23.2 Å². The first kappa shape index (κ1) is 16.3. The van der Waals surface area contributed by atoms with Crippen LogP contribution in [-0.4, -0.2) is 23.2 Å². The van der Waals surface area contributed by atoms with Crippen molar-refractivity contribution < 1.29 is 21.6 Å². The van der Waals surface area contributed by atoms with Gasteiger partial charge in [-0.1, -0.05) is 0 Å².